The maximum Gasteiger partial charge on any atom is 0.140 e. The molecule has 0 saturated heterocycles. The lowest BCUT2D eigenvalue weighted by Crippen LogP contribution is -2.32. The van der Waals surface area contributed by atoms with Crippen LogP contribution < -0.4 is 4.90 Å². The molecule has 0 aliphatic carbocycles. The van der Waals surface area contributed by atoms with E-state index in [2.05, 4.69) is 18.8 Å². The minimum absolute atomic E-state index is 0.323. The summed E-state index contributed by atoms with van der Waals surface area (Å²) in [7, 11) is 0. The molecular weight excluding hydrogens is 293 g/mol. The molecule has 0 amide bonds. The Labute approximate surface area is 135 Å². The summed E-state index contributed by atoms with van der Waals surface area (Å²) in [6.07, 6.45) is 0.906. The number of anilines is 1. The molecule has 0 spiro atoms. The number of benzene rings is 1. The smallest absolute Gasteiger partial charge is 0.140 e. The van der Waals surface area contributed by atoms with E-state index in [-0.39, 0.29) is 5.82 Å². The van der Waals surface area contributed by atoms with Crippen molar-refractivity contribution in [2.75, 3.05) is 18.0 Å². The summed E-state index contributed by atoms with van der Waals surface area (Å²) >= 11 is 0. The van der Waals surface area contributed by atoms with Gasteiger partial charge in [0.25, 0.3) is 0 Å². The van der Waals surface area contributed by atoms with Gasteiger partial charge in [-0.25, -0.2) is 9.37 Å². The summed E-state index contributed by atoms with van der Waals surface area (Å²) < 4.78 is 13.0. The first-order chi connectivity index (χ1) is 11.0. The minimum atomic E-state index is -0.731. The van der Waals surface area contributed by atoms with Gasteiger partial charge in [0.2, 0.25) is 0 Å². The summed E-state index contributed by atoms with van der Waals surface area (Å²) in [5.41, 5.74) is 1.87. The van der Waals surface area contributed by atoms with Crippen molar-refractivity contribution in [1.29, 1.82) is 5.26 Å². The first-order valence-electron chi connectivity index (χ1n) is 7.54. The predicted molar refractivity (Wildman–Crippen MR) is 87.4 cm³/mol. The second-order valence-corrected chi connectivity index (χ2v) is 5.88. The predicted octanol–water partition coefficient (Wildman–Crippen LogP) is 3.29. The molecule has 1 N–H and O–H groups in total. The molecule has 2 aromatic rings. The third-order valence-electron chi connectivity index (χ3n) is 3.46. The molecule has 0 aliphatic rings. The highest BCUT2D eigenvalue weighted by Gasteiger charge is 2.16. The molecule has 1 aromatic heterocycles. The quantitative estimate of drug-likeness (QED) is 0.889. The van der Waals surface area contributed by atoms with Gasteiger partial charge in [-0.2, -0.15) is 5.26 Å². The van der Waals surface area contributed by atoms with Gasteiger partial charge in [-0.1, -0.05) is 26.0 Å². The van der Waals surface area contributed by atoms with Gasteiger partial charge in [0.1, 0.15) is 17.6 Å². The minimum Gasteiger partial charge on any atom is -0.387 e. The first kappa shape index (κ1) is 16.9. The zero-order valence-corrected chi connectivity index (χ0v) is 13.3. The molecule has 5 heteroatoms. The van der Waals surface area contributed by atoms with Crippen LogP contribution in [0.4, 0.5) is 10.1 Å². The molecule has 0 aliphatic heterocycles. The Balaban J connectivity index is 2.17. The van der Waals surface area contributed by atoms with Crippen molar-refractivity contribution in [2.24, 2.45) is 5.92 Å². The fraction of sp³-hybridized carbons (Fsp3) is 0.333. The van der Waals surface area contributed by atoms with E-state index >= 15 is 0 Å². The van der Waals surface area contributed by atoms with Gasteiger partial charge in [0.15, 0.2) is 0 Å². The van der Waals surface area contributed by atoms with Gasteiger partial charge in [0.05, 0.1) is 18.0 Å². The van der Waals surface area contributed by atoms with Crippen molar-refractivity contribution in [2.45, 2.75) is 20.0 Å². The fourth-order valence-corrected chi connectivity index (χ4v) is 2.36. The van der Waals surface area contributed by atoms with E-state index in [0.717, 1.165) is 12.2 Å². The molecule has 120 valence electrons. The Morgan fingerprint density at radius 1 is 1.17 bits per heavy atom. The molecule has 0 bridgehead atoms. The highest BCUT2D eigenvalue weighted by molar-refractivity contribution is 5.46. The van der Waals surface area contributed by atoms with Crippen molar-refractivity contribution >= 4 is 5.69 Å². The zero-order chi connectivity index (χ0) is 16.8. The first-order valence-corrected chi connectivity index (χ1v) is 7.54. The van der Waals surface area contributed by atoms with Crippen LogP contribution in [0.15, 0.2) is 42.6 Å². The van der Waals surface area contributed by atoms with Crippen molar-refractivity contribution < 1.29 is 9.50 Å². The Bertz CT molecular complexity index is 662. The van der Waals surface area contributed by atoms with Gasteiger partial charge in [0, 0.05) is 13.1 Å². The van der Waals surface area contributed by atoms with E-state index in [0.29, 0.717) is 23.7 Å². The van der Waals surface area contributed by atoms with Gasteiger partial charge < -0.3 is 10.0 Å². The van der Waals surface area contributed by atoms with E-state index in [1.54, 1.807) is 24.4 Å². The number of aliphatic hydroxyl groups excluding tert-OH is 1. The van der Waals surface area contributed by atoms with Crippen LogP contribution >= 0.6 is 0 Å². The van der Waals surface area contributed by atoms with Crippen molar-refractivity contribution in [1.82, 2.24) is 4.98 Å². The molecular formula is C18H20FN3O. The third kappa shape index (κ3) is 4.76. The normalized spacial score (nSPS) is 12.0. The number of pyridine rings is 1. The maximum absolute atomic E-state index is 13.0. The van der Waals surface area contributed by atoms with Gasteiger partial charge in [-0.15, -0.1) is 0 Å². The summed E-state index contributed by atoms with van der Waals surface area (Å²) in [6, 6.07) is 11.3. The van der Waals surface area contributed by atoms with Gasteiger partial charge in [-0.3, -0.25) is 0 Å². The molecule has 4 nitrogen and oxygen atoms in total. The number of nitriles is 1. The number of hydrogen-bond donors (Lipinski definition) is 1. The summed E-state index contributed by atoms with van der Waals surface area (Å²) in [6.45, 7) is 5.30. The van der Waals surface area contributed by atoms with Crippen LogP contribution in [0, 0.1) is 23.1 Å². The molecule has 1 aromatic carbocycles. The second-order valence-electron chi connectivity index (χ2n) is 5.88. The number of rotatable bonds is 6. The molecule has 1 heterocycles. The van der Waals surface area contributed by atoms with Crippen LogP contribution in [-0.4, -0.2) is 23.2 Å². The summed E-state index contributed by atoms with van der Waals surface area (Å²) in [4.78, 5) is 6.10. The van der Waals surface area contributed by atoms with Gasteiger partial charge >= 0.3 is 0 Å². The topological polar surface area (TPSA) is 60.1 Å². The van der Waals surface area contributed by atoms with E-state index < -0.39 is 6.10 Å². The zero-order valence-electron chi connectivity index (χ0n) is 13.3. The Kier molecular flexibility index (Phi) is 5.67. The van der Waals surface area contributed by atoms with Crippen molar-refractivity contribution in [3.63, 3.8) is 0 Å². The van der Waals surface area contributed by atoms with E-state index in [1.807, 2.05) is 17.0 Å². The van der Waals surface area contributed by atoms with Crippen molar-refractivity contribution in [3.05, 3.63) is 59.7 Å². The number of halogens is 1. The number of hydrogen-bond acceptors (Lipinski definition) is 4. The van der Waals surface area contributed by atoms with E-state index in [9.17, 15) is 9.50 Å². The molecule has 1 unspecified atom stereocenters. The Morgan fingerprint density at radius 2 is 1.87 bits per heavy atom. The van der Waals surface area contributed by atoms with Crippen LogP contribution in [0.3, 0.4) is 0 Å². The maximum atomic E-state index is 13.0. The molecule has 0 fully saturated rings. The monoisotopic (exact) mass is 313 g/mol. The Morgan fingerprint density at radius 3 is 2.39 bits per heavy atom. The standard InChI is InChI=1S/C18H20FN3O/c1-13(2)11-22(17-8-7-16(9-20)21-10-17)12-18(23)14-3-5-15(19)6-4-14/h3-8,10,13,18,23H,11-12H2,1-2H3. The summed E-state index contributed by atoms with van der Waals surface area (Å²) in [5, 5.41) is 19.3. The average molecular weight is 313 g/mol. The SMILES string of the molecule is CC(C)CN(CC(O)c1ccc(F)cc1)c1ccc(C#N)nc1. The van der Waals surface area contributed by atoms with Crippen LogP contribution in [0.1, 0.15) is 31.2 Å². The number of aromatic nitrogens is 1. The van der Waals surface area contributed by atoms with E-state index in [1.165, 1.54) is 12.1 Å². The van der Waals surface area contributed by atoms with Crippen molar-refractivity contribution in [3.8, 4) is 6.07 Å². The lowest BCUT2D eigenvalue weighted by Gasteiger charge is -2.29. The average Bonchev–Trinajstić information content (AvgIpc) is 2.54. The number of nitrogens with zero attached hydrogens (tertiary/aromatic N) is 3. The van der Waals surface area contributed by atoms with Crippen LogP contribution in [-0.2, 0) is 0 Å². The highest BCUT2D eigenvalue weighted by Crippen LogP contribution is 2.21. The molecule has 0 saturated carbocycles. The number of aliphatic hydroxyl groups is 1. The van der Waals surface area contributed by atoms with E-state index in [4.69, 9.17) is 5.26 Å². The lowest BCUT2D eigenvalue weighted by atomic mass is 10.1. The molecule has 0 radical (unpaired) electrons. The van der Waals surface area contributed by atoms with Gasteiger partial charge in [-0.05, 0) is 35.7 Å². The third-order valence-corrected chi connectivity index (χ3v) is 3.46. The summed E-state index contributed by atoms with van der Waals surface area (Å²) in [5.74, 6) is 0.0716. The highest BCUT2D eigenvalue weighted by atomic mass is 19.1. The largest absolute Gasteiger partial charge is 0.387 e. The molecule has 23 heavy (non-hydrogen) atoms. The molecule has 1 atom stereocenters. The Hall–Kier alpha value is -2.45. The second kappa shape index (κ2) is 7.70. The van der Waals surface area contributed by atoms with Crippen LogP contribution in [0.25, 0.3) is 0 Å². The fourth-order valence-electron chi connectivity index (χ4n) is 2.36. The lowest BCUT2D eigenvalue weighted by molar-refractivity contribution is 0.182. The van der Waals surface area contributed by atoms with Crippen LogP contribution in [0.5, 0.6) is 0 Å². The van der Waals surface area contributed by atoms with Crippen LogP contribution in [0.2, 0.25) is 0 Å². The molecule has 2 rings (SSSR count).